The summed E-state index contributed by atoms with van der Waals surface area (Å²) in [5.74, 6) is 0.404. The normalized spacial score (nSPS) is 15.3. The van der Waals surface area contributed by atoms with E-state index in [9.17, 15) is 9.59 Å². The summed E-state index contributed by atoms with van der Waals surface area (Å²) < 4.78 is 5.30. The van der Waals surface area contributed by atoms with Gasteiger partial charge >= 0.3 is 0 Å². The number of hydrogen-bond acceptors (Lipinski definition) is 8. The van der Waals surface area contributed by atoms with Gasteiger partial charge in [0.05, 0.1) is 32.3 Å². The van der Waals surface area contributed by atoms with E-state index in [0.717, 1.165) is 60.7 Å². The fraction of sp³-hybridized carbons (Fsp3) is 0.0952. The van der Waals surface area contributed by atoms with Crippen LogP contribution in [0.1, 0.15) is 17.0 Å². The molecule has 0 unspecified atom stereocenters. The maximum absolute atomic E-state index is 11.9. The molecule has 0 saturated carbocycles. The minimum absolute atomic E-state index is 0.360. The second-order valence-corrected chi connectivity index (χ2v) is 8.81. The highest BCUT2D eigenvalue weighted by molar-refractivity contribution is 8.18. The van der Waals surface area contributed by atoms with Gasteiger partial charge in [-0.3, -0.25) is 14.9 Å². The van der Waals surface area contributed by atoms with E-state index in [4.69, 9.17) is 4.52 Å². The van der Waals surface area contributed by atoms with Crippen molar-refractivity contribution in [2.45, 2.75) is 13.8 Å². The standard InChI is InChI=1S/C21H14N4O3S2/c1-10-18(11(2)28-25-10)15-5-6-16(29-15)19-13-7-12(3-4-14(13)22-9-23-19)8-17-20(26)24-21(27)30-17/h3-9H,1-2H3,(H,24,26,27)/b17-8-. The number of aromatic nitrogens is 3. The van der Waals surface area contributed by atoms with E-state index in [1.54, 1.807) is 23.7 Å². The number of rotatable bonds is 3. The van der Waals surface area contributed by atoms with Crippen molar-refractivity contribution in [1.82, 2.24) is 20.4 Å². The Morgan fingerprint density at radius 1 is 1.07 bits per heavy atom. The number of nitrogens with one attached hydrogen (secondary N) is 1. The molecule has 4 aromatic rings. The lowest BCUT2D eigenvalue weighted by Gasteiger charge is -2.04. The van der Waals surface area contributed by atoms with Gasteiger partial charge in [-0.1, -0.05) is 11.2 Å². The first-order valence-corrected chi connectivity index (χ1v) is 10.7. The van der Waals surface area contributed by atoms with Gasteiger partial charge in [-0.05, 0) is 61.5 Å². The zero-order valence-electron chi connectivity index (χ0n) is 15.9. The van der Waals surface area contributed by atoms with Crippen molar-refractivity contribution in [1.29, 1.82) is 0 Å². The highest BCUT2D eigenvalue weighted by Crippen LogP contribution is 2.39. The molecule has 4 heterocycles. The number of fused-ring (bicyclic) bond motifs is 1. The molecule has 1 aliphatic rings. The van der Waals surface area contributed by atoms with Crippen molar-refractivity contribution in [3.05, 3.63) is 58.6 Å². The van der Waals surface area contributed by atoms with Crippen LogP contribution in [0.2, 0.25) is 0 Å². The Bertz CT molecular complexity index is 1350. The molecule has 3 aromatic heterocycles. The first-order chi connectivity index (χ1) is 14.5. The maximum atomic E-state index is 11.9. The summed E-state index contributed by atoms with van der Waals surface area (Å²) in [6.45, 7) is 3.82. The monoisotopic (exact) mass is 434 g/mol. The lowest BCUT2D eigenvalue weighted by atomic mass is 10.1. The largest absolute Gasteiger partial charge is 0.361 e. The summed E-state index contributed by atoms with van der Waals surface area (Å²) in [5, 5.41) is 6.81. The Balaban J connectivity index is 1.59. The Morgan fingerprint density at radius 3 is 2.63 bits per heavy atom. The van der Waals surface area contributed by atoms with Crippen molar-refractivity contribution < 1.29 is 14.1 Å². The second-order valence-electron chi connectivity index (χ2n) is 6.71. The Morgan fingerprint density at radius 2 is 1.90 bits per heavy atom. The van der Waals surface area contributed by atoms with Gasteiger partial charge in [0.1, 0.15) is 12.1 Å². The zero-order chi connectivity index (χ0) is 20.8. The van der Waals surface area contributed by atoms with E-state index in [0.29, 0.717) is 4.91 Å². The zero-order valence-corrected chi connectivity index (χ0v) is 17.6. The number of aryl methyl sites for hydroxylation is 2. The molecular formula is C21H14N4O3S2. The van der Waals surface area contributed by atoms with Crippen LogP contribution < -0.4 is 5.32 Å². The average molecular weight is 435 g/mol. The third-order valence-electron chi connectivity index (χ3n) is 4.72. The molecular weight excluding hydrogens is 420 g/mol. The van der Waals surface area contributed by atoms with Crippen LogP contribution in [0.15, 0.2) is 46.1 Å². The lowest BCUT2D eigenvalue weighted by molar-refractivity contribution is -0.115. The van der Waals surface area contributed by atoms with Gasteiger partial charge in [0.2, 0.25) is 0 Å². The molecule has 148 valence electrons. The van der Waals surface area contributed by atoms with Crippen molar-refractivity contribution >= 4 is 51.2 Å². The molecule has 2 amide bonds. The van der Waals surface area contributed by atoms with Gasteiger partial charge in [-0.2, -0.15) is 0 Å². The summed E-state index contributed by atoms with van der Waals surface area (Å²) >= 11 is 2.50. The van der Waals surface area contributed by atoms with Crippen LogP contribution in [-0.4, -0.2) is 26.3 Å². The fourth-order valence-corrected chi connectivity index (χ4v) is 5.21. The van der Waals surface area contributed by atoms with Crippen LogP contribution in [0.25, 0.3) is 38.0 Å². The molecule has 0 aliphatic carbocycles. The molecule has 1 aromatic carbocycles. The summed E-state index contributed by atoms with van der Waals surface area (Å²) in [6, 6.07) is 9.75. The lowest BCUT2D eigenvalue weighted by Crippen LogP contribution is -2.17. The summed E-state index contributed by atoms with van der Waals surface area (Å²) in [7, 11) is 0. The van der Waals surface area contributed by atoms with E-state index in [1.807, 2.05) is 44.2 Å². The SMILES string of the molecule is Cc1noc(C)c1-c1ccc(-c2ncnc3ccc(/C=C4\SC(=O)NC4=O)cc23)s1. The first kappa shape index (κ1) is 18.7. The van der Waals surface area contributed by atoms with E-state index in [1.165, 1.54) is 0 Å². The van der Waals surface area contributed by atoms with Gasteiger partial charge < -0.3 is 4.52 Å². The molecule has 0 radical (unpaired) electrons. The van der Waals surface area contributed by atoms with Gasteiger partial charge in [0.25, 0.3) is 11.1 Å². The van der Waals surface area contributed by atoms with Crippen LogP contribution in [0.3, 0.4) is 0 Å². The number of imide groups is 1. The van der Waals surface area contributed by atoms with Crippen LogP contribution in [0, 0.1) is 13.8 Å². The fourth-order valence-electron chi connectivity index (χ4n) is 3.37. The molecule has 1 aliphatic heterocycles. The Hall–Kier alpha value is -3.30. The number of carbonyl (C=O) groups excluding carboxylic acids is 2. The van der Waals surface area contributed by atoms with Gasteiger partial charge in [0.15, 0.2) is 0 Å². The quantitative estimate of drug-likeness (QED) is 0.455. The topological polar surface area (TPSA) is 98.0 Å². The smallest absolute Gasteiger partial charge is 0.290 e. The molecule has 30 heavy (non-hydrogen) atoms. The van der Waals surface area contributed by atoms with Crippen LogP contribution in [0.4, 0.5) is 4.79 Å². The van der Waals surface area contributed by atoms with Crippen molar-refractivity contribution in [2.24, 2.45) is 0 Å². The third kappa shape index (κ3) is 3.21. The summed E-state index contributed by atoms with van der Waals surface area (Å²) in [4.78, 5) is 34.6. The van der Waals surface area contributed by atoms with Gasteiger partial charge in [-0.15, -0.1) is 11.3 Å². The summed E-state index contributed by atoms with van der Waals surface area (Å²) in [6.07, 6.45) is 3.24. The molecule has 1 N–H and O–H groups in total. The van der Waals surface area contributed by atoms with Crippen LogP contribution >= 0.6 is 23.1 Å². The van der Waals surface area contributed by atoms with Crippen LogP contribution in [-0.2, 0) is 4.79 Å². The molecule has 0 atom stereocenters. The van der Waals surface area contributed by atoms with E-state index >= 15 is 0 Å². The molecule has 1 fully saturated rings. The predicted molar refractivity (Wildman–Crippen MR) is 117 cm³/mol. The minimum Gasteiger partial charge on any atom is -0.361 e. The van der Waals surface area contributed by atoms with E-state index < -0.39 is 0 Å². The molecule has 0 spiro atoms. The number of carbonyl (C=O) groups is 2. The average Bonchev–Trinajstić information content (AvgIpc) is 3.41. The highest BCUT2D eigenvalue weighted by Gasteiger charge is 2.25. The highest BCUT2D eigenvalue weighted by atomic mass is 32.2. The van der Waals surface area contributed by atoms with Crippen molar-refractivity contribution in [3.8, 4) is 21.0 Å². The number of thioether (sulfide) groups is 1. The van der Waals surface area contributed by atoms with E-state index in [2.05, 4.69) is 20.4 Å². The van der Waals surface area contributed by atoms with Crippen LogP contribution in [0.5, 0.6) is 0 Å². The number of benzene rings is 1. The Kier molecular flexibility index (Phi) is 4.48. The second kappa shape index (κ2) is 7.19. The van der Waals surface area contributed by atoms with E-state index in [-0.39, 0.29) is 11.1 Å². The predicted octanol–water partition coefficient (Wildman–Crippen LogP) is 4.95. The first-order valence-electron chi connectivity index (χ1n) is 9.02. The maximum Gasteiger partial charge on any atom is 0.290 e. The molecule has 5 rings (SSSR count). The van der Waals surface area contributed by atoms with Gasteiger partial charge in [0, 0.05) is 10.3 Å². The third-order valence-corrected chi connectivity index (χ3v) is 6.64. The van der Waals surface area contributed by atoms with Crippen molar-refractivity contribution in [3.63, 3.8) is 0 Å². The van der Waals surface area contributed by atoms with Gasteiger partial charge in [-0.25, -0.2) is 9.97 Å². The minimum atomic E-state index is -0.378. The molecule has 1 saturated heterocycles. The Labute approximate surface area is 179 Å². The van der Waals surface area contributed by atoms with Crippen molar-refractivity contribution in [2.75, 3.05) is 0 Å². The molecule has 7 nitrogen and oxygen atoms in total. The molecule has 9 heteroatoms. The number of hydrogen-bond donors (Lipinski definition) is 1. The summed E-state index contributed by atoms with van der Waals surface area (Å²) in [5.41, 5.74) is 4.26. The number of nitrogens with zero attached hydrogens (tertiary/aromatic N) is 3. The number of amides is 2. The number of thiophene rings is 1. The molecule has 0 bridgehead atoms.